The van der Waals surface area contributed by atoms with Gasteiger partial charge in [0.2, 0.25) is 0 Å². The van der Waals surface area contributed by atoms with Crippen LogP contribution in [0.4, 0.5) is 0 Å². The molecule has 0 saturated carbocycles. The summed E-state index contributed by atoms with van der Waals surface area (Å²) in [5.74, 6) is 0. The molecule has 0 heterocycles. The van der Waals surface area contributed by atoms with Crippen LogP contribution < -0.4 is 10.6 Å². The first-order chi connectivity index (χ1) is 5.02. The summed E-state index contributed by atoms with van der Waals surface area (Å²) in [6.07, 6.45) is 3.40. The molecule has 3 heteroatoms. The molecule has 0 aromatic heterocycles. The van der Waals surface area contributed by atoms with Gasteiger partial charge in [-0.3, -0.25) is 0 Å². The Hall–Kier alpha value is 0.210. The number of halogens is 1. The van der Waals surface area contributed by atoms with Crippen molar-refractivity contribution in [2.45, 2.75) is 51.6 Å². The van der Waals surface area contributed by atoms with Gasteiger partial charge in [0.1, 0.15) is 0 Å². The van der Waals surface area contributed by atoms with Crippen molar-refractivity contribution in [2.75, 3.05) is 0 Å². The Bertz CT molecular complexity index is 98.8. The molecule has 0 saturated heterocycles. The predicted octanol–water partition coefficient (Wildman–Crippen LogP) is 2.03. The van der Waals surface area contributed by atoms with Crippen molar-refractivity contribution in [3.05, 3.63) is 0 Å². The van der Waals surface area contributed by atoms with Crippen LogP contribution in [0, 0.1) is 0 Å². The molecule has 0 bridgehead atoms. The van der Waals surface area contributed by atoms with Crippen LogP contribution in [0.25, 0.3) is 0 Å². The minimum Gasteiger partial charge on any atom is -0.324 e. The van der Waals surface area contributed by atoms with E-state index in [1.807, 2.05) is 13.8 Å². The van der Waals surface area contributed by atoms with Gasteiger partial charge in [0.25, 0.3) is 0 Å². The van der Waals surface area contributed by atoms with Crippen LogP contribution in [0.5, 0.6) is 0 Å². The van der Waals surface area contributed by atoms with Gasteiger partial charge in [0.05, 0.1) is 0 Å². The lowest BCUT2D eigenvalue weighted by molar-refractivity contribution is 0.360. The molecule has 0 rings (SSSR count). The molecule has 0 fully saturated rings. The number of hydrogen-bond donors (Lipinski definition) is 2. The van der Waals surface area contributed by atoms with Crippen LogP contribution >= 0.6 is 11.8 Å². The molecule has 0 amide bonds. The number of unbranched alkanes of at least 4 members (excludes halogenated alkanes) is 1. The molecule has 1 unspecified atom stereocenters. The number of nitrogens with one attached hydrogen (secondary N) is 1. The van der Waals surface area contributed by atoms with Crippen molar-refractivity contribution in [1.82, 2.24) is 4.84 Å². The highest BCUT2D eigenvalue weighted by Gasteiger charge is 2.23. The second-order valence-electron chi connectivity index (χ2n) is 3.63. The Morgan fingerprint density at radius 1 is 1.55 bits per heavy atom. The summed E-state index contributed by atoms with van der Waals surface area (Å²) in [6, 6.07) is 0.212. The van der Waals surface area contributed by atoms with Crippen LogP contribution in [-0.4, -0.2) is 11.6 Å². The van der Waals surface area contributed by atoms with Crippen molar-refractivity contribution in [2.24, 2.45) is 5.73 Å². The highest BCUT2D eigenvalue weighted by Crippen LogP contribution is 2.12. The topological polar surface area (TPSA) is 38.0 Å². The molecular weight excluding hydrogens is 160 g/mol. The fraction of sp³-hybridized carbons (Fsp3) is 1.00. The minimum atomic E-state index is -0.225. The molecular formula is C8H19ClN2. The summed E-state index contributed by atoms with van der Waals surface area (Å²) in [7, 11) is 0. The zero-order chi connectivity index (χ0) is 8.91. The average molecular weight is 179 g/mol. The first-order valence-corrected chi connectivity index (χ1v) is 4.55. The SMILES string of the molecule is CCCCC(NCl)C(C)(C)N. The van der Waals surface area contributed by atoms with E-state index < -0.39 is 0 Å². The van der Waals surface area contributed by atoms with Crippen molar-refractivity contribution in [3.63, 3.8) is 0 Å². The normalized spacial score (nSPS) is 15.0. The summed E-state index contributed by atoms with van der Waals surface area (Å²) < 4.78 is 0. The highest BCUT2D eigenvalue weighted by molar-refractivity contribution is 6.13. The van der Waals surface area contributed by atoms with Crippen molar-refractivity contribution in [3.8, 4) is 0 Å². The predicted molar refractivity (Wildman–Crippen MR) is 50.6 cm³/mol. The van der Waals surface area contributed by atoms with Gasteiger partial charge in [0, 0.05) is 11.6 Å². The van der Waals surface area contributed by atoms with E-state index in [4.69, 9.17) is 17.5 Å². The summed E-state index contributed by atoms with van der Waals surface area (Å²) in [5, 5.41) is 0. The maximum absolute atomic E-state index is 5.88. The third-order valence-electron chi connectivity index (χ3n) is 1.88. The zero-order valence-corrected chi connectivity index (χ0v) is 8.41. The number of hydrogen-bond acceptors (Lipinski definition) is 2. The average Bonchev–Trinajstić information content (AvgIpc) is 1.87. The van der Waals surface area contributed by atoms with Crippen LogP contribution in [0.3, 0.4) is 0 Å². The fourth-order valence-electron chi connectivity index (χ4n) is 0.975. The van der Waals surface area contributed by atoms with Crippen LogP contribution in [0.1, 0.15) is 40.0 Å². The molecule has 0 aromatic carbocycles. The van der Waals surface area contributed by atoms with Gasteiger partial charge in [-0.2, -0.15) is 0 Å². The highest BCUT2D eigenvalue weighted by atomic mass is 35.5. The monoisotopic (exact) mass is 178 g/mol. The summed E-state index contributed by atoms with van der Waals surface area (Å²) in [6.45, 7) is 6.14. The van der Waals surface area contributed by atoms with E-state index in [0.29, 0.717) is 0 Å². The van der Waals surface area contributed by atoms with E-state index in [1.165, 1.54) is 12.8 Å². The van der Waals surface area contributed by atoms with Crippen LogP contribution in [0.2, 0.25) is 0 Å². The lowest BCUT2D eigenvalue weighted by Gasteiger charge is -2.28. The quantitative estimate of drug-likeness (QED) is 0.633. The molecule has 0 aromatic rings. The van der Waals surface area contributed by atoms with Gasteiger partial charge in [-0.25, -0.2) is 4.84 Å². The Labute approximate surface area is 74.6 Å². The third-order valence-corrected chi connectivity index (χ3v) is 2.14. The van der Waals surface area contributed by atoms with E-state index >= 15 is 0 Å². The molecule has 0 radical (unpaired) electrons. The number of rotatable bonds is 5. The zero-order valence-electron chi connectivity index (χ0n) is 7.65. The van der Waals surface area contributed by atoms with Gasteiger partial charge in [-0.15, -0.1) is 0 Å². The molecule has 2 nitrogen and oxygen atoms in total. The molecule has 0 aliphatic heterocycles. The van der Waals surface area contributed by atoms with Gasteiger partial charge >= 0.3 is 0 Å². The van der Waals surface area contributed by atoms with Crippen LogP contribution in [-0.2, 0) is 0 Å². The second kappa shape index (κ2) is 4.96. The summed E-state index contributed by atoms with van der Waals surface area (Å²) in [4.78, 5) is 2.72. The van der Waals surface area contributed by atoms with E-state index in [2.05, 4.69) is 11.8 Å². The maximum atomic E-state index is 5.88. The fourth-order valence-corrected chi connectivity index (χ4v) is 1.37. The molecule has 0 aliphatic carbocycles. The molecule has 11 heavy (non-hydrogen) atoms. The Morgan fingerprint density at radius 3 is 2.36 bits per heavy atom. The Kier molecular flexibility index (Phi) is 5.06. The molecule has 68 valence electrons. The third kappa shape index (κ3) is 4.62. The minimum absolute atomic E-state index is 0.212. The van der Waals surface area contributed by atoms with Gasteiger partial charge < -0.3 is 5.73 Å². The standard InChI is InChI=1S/C8H19ClN2/c1-4-5-6-7(11-9)8(2,3)10/h7,11H,4-6,10H2,1-3H3. The molecule has 1 atom stereocenters. The van der Waals surface area contributed by atoms with E-state index in [1.54, 1.807) is 0 Å². The Balaban J connectivity index is 3.76. The smallest absolute Gasteiger partial charge is 0.0395 e. The first-order valence-electron chi connectivity index (χ1n) is 4.17. The summed E-state index contributed by atoms with van der Waals surface area (Å²) >= 11 is 5.56. The van der Waals surface area contributed by atoms with Crippen LogP contribution in [0.15, 0.2) is 0 Å². The van der Waals surface area contributed by atoms with Gasteiger partial charge in [-0.1, -0.05) is 19.8 Å². The first kappa shape index (κ1) is 11.2. The molecule has 0 aliphatic rings. The number of nitrogens with two attached hydrogens (primary N) is 1. The maximum Gasteiger partial charge on any atom is 0.0395 e. The van der Waals surface area contributed by atoms with E-state index in [9.17, 15) is 0 Å². The van der Waals surface area contributed by atoms with Crippen molar-refractivity contribution in [1.29, 1.82) is 0 Å². The largest absolute Gasteiger partial charge is 0.324 e. The second-order valence-corrected chi connectivity index (χ2v) is 3.84. The Morgan fingerprint density at radius 2 is 2.09 bits per heavy atom. The van der Waals surface area contributed by atoms with Crippen molar-refractivity contribution >= 4 is 11.8 Å². The van der Waals surface area contributed by atoms with Gasteiger partial charge in [0.15, 0.2) is 0 Å². The van der Waals surface area contributed by atoms with Crippen molar-refractivity contribution < 1.29 is 0 Å². The van der Waals surface area contributed by atoms with Gasteiger partial charge in [-0.05, 0) is 32.0 Å². The lowest BCUT2D eigenvalue weighted by atomic mass is 9.92. The van der Waals surface area contributed by atoms with E-state index in [0.717, 1.165) is 6.42 Å². The molecule has 0 spiro atoms. The molecule has 3 N–H and O–H groups in total. The van der Waals surface area contributed by atoms with E-state index in [-0.39, 0.29) is 11.6 Å². The lowest BCUT2D eigenvalue weighted by Crippen LogP contribution is -2.50. The summed E-state index contributed by atoms with van der Waals surface area (Å²) in [5.41, 5.74) is 5.66.